The molecule has 2 N–H and O–H groups in total. The largest absolute Gasteiger partial charge is 0.487 e. The lowest BCUT2D eigenvalue weighted by atomic mass is 9.76. The van der Waals surface area contributed by atoms with E-state index in [1.165, 1.54) is 52.0 Å². The Labute approximate surface area is 236 Å². The van der Waals surface area contributed by atoms with E-state index in [4.69, 9.17) is 20.8 Å². The molecule has 3 aromatic rings. The second-order valence-corrected chi connectivity index (χ2v) is 11.3. The van der Waals surface area contributed by atoms with Gasteiger partial charge in [-0.05, 0) is 30.9 Å². The minimum absolute atomic E-state index is 0.0174. The second-order valence-electron chi connectivity index (χ2n) is 10.8. The first-order chi connectivity index (χ1) is 18.9. The molecule has 2 aromatic heterocycles. The highest BCUT2D eigenvalue weighted by molar-refractivity contribution is 6.33. The summed E-state index contributed by atoms with van der Waals surface area (Å²) in [6, 6.07) is 1.72. The van der Waals surface area contributed by atoms with Crippen LogP contribution >= 0.6 is 11.6 Å². The Morgan fingerprint density at radius 3 is 2.56 bits per heavy atom. The van der Waals surface area contributed by atoms with Crippen molar-refractivity contribution >= 4 is 34.6 Å². The number of alkyl halides is 5. The van der Waals surface area contributed by atoms with Gasteiger partial charge in [-0.3, -0.25) is 14.7 Å². The third kappa shape index (κ3) is 5.90. The van der Waals surface area contributed by atoms with E-state index in [0.29, 0.717) is 4.90 Å². The number of hydrogen-bond acceptors (Lipinski definition) is 5. The van der Waals surface area contributed by atoms with Crippen molar-refractivity contribution in [2.75, 3.05) is 6.54 Å². The number of carbonyl (C=O) groups excluding carboxylic acids is 1. The molecule has 1 fully saturated rings. The number of nitrogens with one attached hydrogen (secondary N) is 1. The maximum absolute atomic E-state index is 15.7. The van der Waals surface area contributed by atoms with Crippen molar-refractivity contribution in [1.29, 1.82) is 0 Å². The average molecular weight is 604 g/mol. The lowest BCUT2D eigenvalue weighted by Crippen LogP contribution is -2.68. The molecule has 222 valence electrons. The van der Waals surface area contributed by atoms with Crippen LogP contribution in [-0.2, 0) is 12.8 Å². The highest BCUT2D eigenvalue weighted by atomic mass is 35.5. The molecule has 1 aliphatic heterocycles. The smallest absolute Gasteiger partial charge is 0.433 e. The Morgan fingerprint density at radius 2 is 1.95 bits per heavy atom. The summed E-state index contributed by atoms with van der Waals surface area (Å²) in [6.07, 6.45) is -5.53. The van der Waals surface area contributed by atoms with Crippen molar-refractivity contribution in [2.45, 2.75) is 64.9 Å². The normalized spacial score (nSPS) is 19.3. The van der Waals surface area contributed by atoms with Crippen molar-refractivity contribution in [3.8, 4) is 5.75 Å². The Hall–Kier alpha value is -3.61. The summed E-state index contributed by atoms with van der Waals surface area (Å²) in [6.45, 7) is 5.16. The van der Waals surface area contributed by atoms with Crippen LogP contribution < -0.4 is 10.1 Å². The molecule has 41 heavy (non-hydrogen) atoms. The van der Waals surface area contributed by atoms with Crippen molar-refractivity contribution in [1.82, 2.24) is 15.2 Å². The van der Waals surface area contributed by atoms with Crippen molar-refractivity contribution in [2.24, 2.45) is 5.41 Å². The van der Waals surface area contributed by atoms with E-state index in [-0.39, 0.29) is 51.6 Å². The highest BCUT2D eigenvalue weighted by Gasteiger charge is 2.59. The van der Waals surface area contributed by atoms with Gasteiger partial charge in [0.05, 0.1) is 16.6 Å². The summed E-state index contributed by atoms with van der Waals surface area (Å²) in [4.78, 5) is 29.1. The number of carboxylic acid groups (broad SMARTS) is 1. The lowest BCUT2D eigenvalue weighted by molar-refractivity contribution is -0.154. The monoisotopic (exact) mass is 603 g/mol. The van der Waals surface area contributed by atoms with Gasteiger partial charge in [-0.2, -0.15) is 13.2 Å². The third-order valence-electron chi connectivity index (χ3n) is 6.86. The Balaban J connectivity index is 1.63. The van der Waals surface area contributed by atoms with E-state index in [9.17, 15) is 27.9 Å². The molecule has 2 atom stereocenters. The highest BCUT2D eigenvalue weighted by Crippen LogP contribution is 2.43. The molecule has 0 saturated carbocycles. The number of benzene rings is 1. The summed E-state index contributed by atoms with van der Waals surface area (Å²) >= 11 is 6.26. The van der Waals surface area contributed by atoms with Gasteiger partial charge >= 0.3 is 12.3 Å². The molecule has 0 radical (unpaired) electrons. The molecular formula is C27H27ClF5N3O5. The van der Waals surface area contributed by atoms with E-state index in [1.807, 2.05) is 0 Å². The number of carbonyl (C=O) groups is 2. The zero-order valence-electron chi connectivity index (χ0n) is 22.4. The average Bonchev–Trinajstić information content (AvgIpc) is 3.16. The molecule has 0 spiro atoms. The number of furan rings is 1. The number of pyridine rings is 1. The van der Waals surface area contributed by atoms with Gasteiger partial charge in [0.15, 0.2) is 5.69 Å². The second kappa shape index (κ2) is 10.7. The van der Waals surface area contributed by atoms with Gasteiger partial charge in [0.1, 0.15) is 29.7 Å². The number of ether oxygens (including phenoxy) is 1. The van der Waals surface area contributed by atoms with Gasteiger partial charge in [-0.15, -0.1) is 0 Å². The van der Waals surface area contributed by atoms with Gasteiger partial charge < -0.3 is 19.6 Å². The predicted molar refractivity (Wildman–Crippen MR) is 138 cm³/mol. The quantitative estimate of drug-likeness (QED) is 0.307. The molecular weight excluding hydrogens is 577 g/mol. The minimum atomic E-state index is -4.71. The fourth-order valence-corrected chi connectivity index (χ4v) is 5.43. The standard InChI is InChI=1S/C27H27ClF5N3O5/c1-13-20(22(37)35-19-7-9-36(24(38)39)23(25(2,3)4)26(19,29)30)15-10-18(16(28)11-17(15)41-13)40-12-14-6-5-8-34-21(14)27(31,32)33/h5-6,8,10-11,19,23H,7,9,12H2,1-4H3,(H,35,37)(H,38,39). The summed E-state index contributed by atoms with van der Waals surface area (Å²) in [5.74, 6) is -4.51. The summed E-state index contributed by atoms with van der Waals surface area (Å²) in [5.41, 5.74) is -2.49. The lowest BCUT2D eigenvalue weighted by Gasteiger charge is -2.49. The van der Waals surface area contributed by atoms with Crippen LogP contribution in [-0.4, -0.2) is 51.5 Å². The number of fused-ring (bicyclic) bond motifs is 1. The van der Waals surface area contributed by atoms with E-state index < -0.39 is 53.9 Å². The predicted octanol–water partition coefficient (Wildman–Crippen LogP) is 6.92. The van der Waals surface area contributed by atoms with Crippen LogP contribution in [0.15, 0.2) is 34.9 Å². The van der Waals surface area contributed by atoms with Crippen LogP contribution in [0.4, 0.5) is 26.7 Å². The first-order valence-electron chi connectivity index (χ1n) is 12.5. The first kappa shape index (κ1) is 30.4. The Bertz CT molecular complexity index is 1480. The maximum Gasteiger partial charge on any atom is 0.433 e. The maximum atomic E-state index is 15.7. The van der Waals surface area contributed by atoms with Gasteiger partial charge in [0.2, 0.25) is 0 Å². The summed E-state index contributed by atoms with van der Waals surface area (Å²) in [5, 5.41) is 12.0. The van der Waals surface area contributed by atoms with E-state index in [2.05, 4.69) is 10.3 Å². The van der Waals surface area contributed by atoms with Crippen molar-refractivity contribution < 1.29 is 45.8 Å². The molecule has 2 unspecified atom stereocenters. The summed E-state index contributed by atoms with van der Waals surface area (Å²) < 4.78 is 82.5. The van der Waals surface area contributed by atoms with Crippen LogP contribution in [0.1, 0.15) is 54.6 Å². The van der Waals surface area contributed by atoms with Gasteiger partial charge in [-0.25, -0.2) is 13.6 Å². The van der Waals surface area contributed by atoms with Crippen molar-refractivity contribution in [3.63, 3.8) is 0 Å². The number of aryl methyl sites for hydroxylation is 1. The third-order valence-corrected chi connectivity index (χ3v) is 7.15. The molecule has 1 saturated heterocycles. The number of halogens is 6. The van der Waals surface area contributed by atoms with Crippen molar-refractivity contribution in [3.05, 3.63) is 58.1 Å². The van der Waals surface area contributed by atoms with E-state index in [0.717, 1.165) is 6.20 Å². The molecule has 8 nitrogen and oxygen atoms in total. The Morgan fingerprint density at radius 1 is 1.27 bits per heavy atom. The molecule has 1 aliphatic rings. The molecule has 3 heterocycles. The molecule has 0 aliphatic carbocycles. The fraction of sp³-hybridized carbons (Fsp3) is 0.444. The molecule has 0 bridgehead atoms. The van der Waals surface area contributed by atoms with Crippen LogP contribution in [0.5, 0.6) is 5.75 Å². The number of amides is 2. The zero-order chi connectivity index (χ0) is 30.5. The number of hydrogen-bond donors (Lipinski definition) is 2. The van der Waals surface area contributed by atoms with Gasteiger partial charge in [0, 0.05) is 29.8 Å². The minimum Gasteiger partial charge on any atom is -0.487 e. The number of likely N-dealkylation sites (tertiary alicyclic amines) is 1. The number of rotatable bonds is 5. The van der Waals surface area contributed by atoms with E-state index >= 15 is 8.78 Å². The van der Waals surface area contributed by atoms with E-state index in [1.54, 1.807) is 0 Å². The number of piperidine rings is 1. The zero-order valence-corrected chi connectivity index (χ0v) is 23.2. The van der Waals surface area contributed by atoms with Crippen LogP contribution in [0.2, 0.25) is 5.02 Å². The topological polar surface area (TPSA) is 105 Å². The molecule has 14 heteroatoms. The van der Waals surface area contributed by atoms with Crippen LogP contribution in [0.3, 0.4) is 0 Å². The molecule has 1 aromatic carbocycles. The molecule has 2 amide bonds. The SMILES string of the molecule is Cc1oc2cc(Cl)c(OCc3cccnc3C(F)(F)F)cc2c1C(=O)NC1CCN(C(=O)O)C(C(C)(C)C)C1(F)F. The fourth-order valence-electron chi connectivity index (χ4n) is 5.22. The Kier molecular flexibility index (Phi) is 7.89. The summed E-state index contributed by atoms with van der Waals surface area (Å²) in [7, 11) is 0. The number of aromatic nitrogens is 1. The van der Waals surface area contributed by atoms with Crippen LogP contribution in [0, 0.1) is 12.3 Å². The van der Waals surface area contributed by atoms with Gasteiger partial charge in [0.25, 0.3) is 11.8 Å². The molecule has 4 rings (SSSR count). The van der Waals surface area contributed by atoms with Gasteiger partial charge in [-0.1, -0.05) is 38.4 Å². The first-order valence-corrected chi connectivity index (χ1v) is 12.9. The number of nitrogens with zero attached hydrogens (tertiary/aromatic N) is 2. The van der Waals surface area contributed by atoms with Crippen LogP contribution in [0.25, 0.3) is 11.0 Å².